The second kappa shape index (κ2) is 18.9. The van der Waals surface area contributed by atoms with E-state index in [-0.39, 0.29) is 42.1 Å². The summed E-state index contributed by atoms with van der Waals surface area (Å²) in [6.07, 6.45) is 6.57. The van der Waals surface area contributed by atoms with Crippen LogP contribution in [-0.2, 0) is 42.1 Å². The van der Waals surface area contributed by atoms with Crippen LogP contribution >= 0.6 is 0 Å². The molecule has 0 radical (unpaired) electrons. The van der Waals surface area contributed by atoms with Gasteiger partial charge in [0, 0.05) is 46.4 Å². The minimum Gasteiger partial charge on any atom is -0.509 e. The Balaban J connectivity index is 0.00000271. The van der Waals surface area contributed by atoms with Gasteiger partial charge in [-0.1, -0.05) is 142 Å². The zero-order valence-corrected chi connectivity index (χ0v) is 42.7. The molecule has 0 spiro atoms. The fraction of sp³-hybridized carbons (Fsp3) is 0. The number of ether oxygens (including phenoxy) is 2. The number of pyridine rings is 2. The smallest absolute Gasteiger partial charge is 0.509 e. The first-order chi connectivity index (χ1) is 35.2. The minimum absolute atomic E-state index is 0. The van der Waals surface area contributed by atoms with Gasteiger partial charge in [0.2, 0.25) is 5.95 Å². The van der Waals surface area contributed by atoms with Gasteiger partial charge in [-0.3, -0.25) is 0 Å². The van der Waals surface area contributed by atoms with Gasteiger partial charge in [0.15, 0.2) is 0 Å². The Bertz CT molecular complexity index is 4080. The second-order valence-corrected chi connectivity index (χ2v) is 17.0. The molecule has 10 nitrogen and oxygen atoms in total. The average Bonchev–Trinajstić information content (AvgIpc) is 4.06. The quantitative estimate of drug-likeness (QED) is 0.133. The van der Waals surface area contributed by atoms with Gasteiger partial charge in [0.1, 0.15) is 24.3 Å². The molecule has 14 rings (SSSR count). The van der Waals surface area contributed by atoms with E-state index in [2.05, 4.69) is 121 Å². The van der Waals surface area contributed by atoms with Crippen LogP contribution in [0.4, 0.5) is 0 Å². The van der Waals surface area contributed by atoms with Gasteiger partial charge in [-0.2, -0.15) is 22.9 Å². The molecular weight excluding hydrogens is 1270 g/mol. The van der Waals surface area contributed by atoms with Crippen LogP contribution in [0.1, 0.15) is 0 Å². The predicted molar refractivity (Wildman–Crippen MR) is 278 cm³/mol. The van der Waals surface area contributed by atoms with Crippen molar-refractivity contribution >= 4 is 65.4 Å². The number of hydrogen-bond acceptors (Lipinski definition) is 7. The van der Waals surface area contributed by atoms with E-state index < -0.39 is 0 Å². The molecule has 0 aliphatic carbocycles. The van der Waals surface area contributed by atoms with Crippen molar-refractivity contribution in [3.63, 3.8) is 0 Å². The molecule has 0 atom stereocenters. The third kappa shape index (κ3) is 7.78. The van der Waals surface area contributed by atoms with E-state index in [9.17, 15) is 0 Å². The molecule has 0 N–H and O–H groups in total. The zero-order chi connectivity index (χ0) is 46.8. The molecule has 0 aliphatic rings. The summed E-state index contributed by atoms with van der Waals surface area (Å²) in [5.41, 5.74) is 9.20. The van der Waals surface area contributed by atoms with Crippen LogP contribution in [0.25, 0.3) is 105 Å². The Morgan fingerprint density at radius 1 is 0.356 bits per heavy atom. The normalized spacial score (nSPS) is 11.3. The SMILES string of the molecule is [Pt+2].[Pt+2].[c-]1c(Oc2[c-]c3c(c(-c4ccccc4)c2)c2ccccc2n3-c2ccccn2)ccc2c3ccc(Oc4[c-]c5c(c(-c6ccccc6)c4)c4ccccc4n5-c4ccccn4)[c-]c3n(-c3ncncn3)c12. The van der Waals surface area contributed by atoms with E-state index in [0.29, 0.717) is 40.0 Å². The Morgan fingerprint density at radius 2 is 0.781 bits per heavy atom. The molecule has 0 aliphatic heterocycles. The summed E-state index contributed by atoms with van der Waals surface area (Å²) in [7, 11) is 0. The van der Waals surface area contributed by atoms with Crippen molar-refractivity contribution in [1.29, 1.82) is 0 Å². The molecule has 0 unspecified atom stereocenters. The van der Waals surface area contributed by atoms with Crippen molar-refractivity contribution in [2.45, 2.75) is 0 Å². The molecule has 6 aromatic heterocycles. The van der Waals surface area contributed by atoms with E-state index in [1.54, 1.807) is 12.4 Å². The first kappa shape index (κ1) is 45.6. The van der Waals surface area contributed by atoms with E-state index in [4.69, 9.17) is 19.4 Å². The monoisotopic (exact) mass is 1300 g/mol. The van der Waals surface area contributed by atoms with Crippen LogP contribution in [0.15, 0.2) is 207 Å². The van der Waals surface area contributed by atoms with Crippen LogP contribution < -0.4 is 9.47 Å². The molecule has 12 heteroatoms. The molecule has 8 aromatic carbocycles. The van der Waals surface area contributed by atoms with Gasteiger partial charge in [-0.15, -0.1) is 59.7 Å². The number of hydrogen-bond donors (Lipinski definition) is 0. The Hall–Kier alpha value is -8.55. The summed E-state index contributed by atoms with van der Waals surface area (Å²) in [5.74, 6) is 3.93. The molecule has 6 heterocycles. The van der Waals surface area contributed by atoms with Crippen molar-refractivity contribution < 1.29 is 51.6 Å². The van der Waals surface area contributed by atoms with Gasteiger partial charge in [-0.25, -0.2) is 24.9 Å². The van der Waals surface area contributed by atoms with Gasteiger partial charge in [0.25, 0.3) is 0 Å². The van der Waals surface area contributed by atoms with Crippen LogP contribution in [0.2, 0.25) is 0 Å². The minimum atomic E-state index is 0. The summed E-state index contributed by atoms with van der Waals surface area (Å²) in [5, 5.41) is 6.08. The third-order valence-corrected chi connectivity index (χ3v) is 12.9. The van der Waals surface area contributed by atoms with Crippen LogP contribution in [0, 0.1) is 24.3 Å². The maximum absolute atomic E-state index is 6.82. The number of benzene rings is 8. The molecule has 0 fully saturated rings. The largest absolute Gasteiger partial charge is 2.00 e. The fourth-order valence-electron chi connectivity index (χ4n) is 9.95. The molecule has 0 saturated heterocycles. The topological polar surface area (TPSA) is 97.7 Å². The van der Waals surface area contributed by atoms with Crippen LogP contribution in [0.3, 0.4) is 0 Å². The zero-order valence-electron chi connectivity index (χ0n) is 38.2. The van der Waals surface area contributed by atoms with Crippen molar-refractivity contribution in [3.8, 4) is 62.8 Å². The van der Waals surface area contributed by atoms with Crippen LogP contribution in [0.5, 0.6) is 23.0 Å². The second-order valence-electron chi connectivity index (χ2n) is 17.0. The Morgan fingerprint density at radius 3 is 1.23 bits per heavy atom. The standard InChI is InChI=1S/C61H34N8O2.2Pt/c1-3-15-39(16-4-1)49-31-43(35-55-59(49)47-19-7-9-21-51(47)67(55)57-23-11-13-29-63-57)70-41-25-27-45-46-28-26-42(34-54(46)69(53(45)33-41)61-65-37-62-38-66-61)71-44-32-50(40-17-5-2-6-18-40)60-48-20-8-10-22-52(48)68(56(60)36-44)58-24-12-14-30-64-58;;/h1-32,37-38H;;/q-4;2*+2. The van der Waals surface area contributed by atoms with Crippen molar-refractivity contribution in [2.75, 3.05) is 0 Å². The first-order valence-electron chi connectivity index (χ1n) is 23.1. The molecular formula is C61H34N8O2Pt2. The Kier molecular flexibility index (Phi) is 11.8. The maximum Gasteiger partial charge on any atom is 2.00 e. The Labute approximate surface area is 446 Å². The molecule has 350 valence electrons. The van der Waals surface area contributed by atoms with Gasteiger partial charge < -0.3 is 23.2 Å². The maximum atomic E-state index is 6.82. The van der Waals surface area contributed by atoms with E-state index in [0.717, 1.165) is 88.3 Å². The van der Waals surface area contributed by atoms with Gasteiger partial charge >= 0.3 is 42.1 Å². The van der Waals surface area contributed by atoms with E-state index >= 15 is 0 Å². The molecule has 0 bridgehead atoms. The number of nitrogens with zero attached hydrogens (tertiary/aromatic N) is 8. The summed E-state index contributed by atoms with van der Waals surface area (Å²) in [6.45, 7) is 0. The summed E-state index contributed by atoms with van der Waals surface area (Å²) in [6, 6.07) is 75.8. The number of fused-ring (bicyclic) bond motifs is 9. The van der Waals surface area contributed by atoms with Gasteiger partial charge in [0.05, 0.1) is 0 Å². The summed E-state index contributed by atoms with van der Waals surface area (Å²) < 4.78 is 19.8. The fourth-order valence-corrected chi connectivity index (χ4v) is 9.95. The third-order valence-electron chi connectivity index (χ3n) is 12.9. The molecule has 0 amide bonds. The molecule has 0 saturated carbocycles. The summed E-state index contributed by atoms with van der Waals surface area (Å²) in [4.78, 5) is 22.9. The predicted octanol–water partition coefficient (Wildman–Crippen LogP) is 14.1. The van der Waals surface area contributed by atoms with E-state index in [1.165, 1.54) is 12.7 Å². The number of aromatic nitrogens is 8. The average molecular weight is 1300 g/mol. The van der Waals surface area contributed by atoms with Gasteiger partial charge in [-0.05, 0) is 58.3 Å². The molecule has 73 heavy (non-hydrogen) atoms. The van der Waals surface area contributed by atoms with Crippen molar-refractivity contribution in [3.05, 3.63) is 231 Å². The number of rotatable bonds is 9. The first-order valence-corrected chi connectivity index (χ1v) is 23.1. The van der Waals surface area contributed by atoms with Crippen LogP contribution in [-0.4, -0.2) is 38.6 Å². The van der Waals surface area contributed by atoms with Crippen molar-refractivity contribution in [2.24, 2.45) is 0 Å². The van der Waals surface area contributed by atoms with E-state index in [1.807, 2.05) is 114 Å². The summed E-state index contributed by atoms with van der Waals surface area (Å²) >= 11 is 0. The number of para-hydroxylation sites is 2. The molecule has 14 aromatic rings. The van der Waals surface area contributed by atoms with Crippen molar-refractivity contribution in [1.82, 2.24) is 38.6 Å².